The lowest BCUT2D eigenvalue weighted by molar-refractivity contribution is 0.270. The first-order valence-electron chi connectivity index (χ1n) is 6.35. The SMILES string of the molecule is CCN(Cc1ccc([S@](C)=O)cc1)Cc1ccoc1. The molecular formula is C15H19NO2S. The average Bonchev–Trinajstić information content (AvgIpc) is 2.91. The van der Waals surface area contributed by atoms with Crippen molar-refractivity contribution in [2.24, 2.45) is 0 Å². The van der Waals surface area contributed by atoms with Crippen molar-refractivity contribution in [1.29, 1.82) is 0 Å². The van der Waals surface area contributed by atoms with Gasteiger partial charge in [-0.15, -0.1) is 0 Å². The molecule has 19 heavy (non-hydrogen) atoms. The number of benzene rings is 1. The summed E-state index contributed by atoms with van der Waals surface area (Å²) in [7, 11) is -0.904. The van der Waals surface area contributed by atoms with Crippen LogP contribution in [0.4, 0.5) is 0 Å². The molecule has 102 valence electrons. The zero-order chi connectivity index (χ0) is 13.7. The lowest BCUT2D eigenvalue weighted by Crippen LogP contribution is -2.21. The normalized spacial score (nSPS) is 12.8. The summed E-state index contributed by atoms with van der Waals surface area (Å²) in [6.07, 6.45) is 5.19. The molecule has 1 aromatic carbocycles. The third-order valence-corrected chi connectivity index (χ3v) is 4.03. The van der Waals surface area contributed by atoms with Crippen molar-refractivity contribution < 1.29 is 8.63 Å². The Labute approximate surface area is 116 Å². The number of rotatable bonds is 6. The first-order chi connectivity index (χ1) is 9.19. The van der Waals surface area contributed by atoms with E-state index in [1.54, 1.807) is 18.8 Å². The van der Waals surface area contributed by atoms with Crippen LogP contribution in [0.3, 0.4) is 0 Å². The van der Waals surface area contributed by atoms with Crippen LogP contribution in [0.2, 0.25) is 0 Å². The van der Waals surface area contributed by atoms with Gasteiger partial charge in [-0.2, -0.15) is 0 Å². The quantitative estimate of drug-likeness (QED) is 0.813. The second kappa shape index (κ2) is 6.68. The molecule has 0 fully saturated rings. The number of hydrogen-bond donors (Lipinski definition) is 0. The van der Waals surface area contributed by atoms with Gasteiger partial charge in [-0.1, -0.05) is 19.1 Å². The van der Waals surface area contributed by atoms with E-state index in [-0.39, 0.29) is 0 Å². The fraction of sp³-hybridized carbons (Fsp3) is 0.333. The van der Waals surface area contributed by atoms with Crippen LogP contribution in [0.15, 0.2) is 52.2 Å². The van der Waals surface area contributed by atoms with E-state index in [1.807, 2.05) is 18.2 Å². The maximum atomic E-state index is 11.3. The highest BCUT2D eigenvalue weighted by Crippen LogP contribution is 2.12. The van der Waals surface area contributed by atoms with E-state index in [4.69, 9.17) is 4.42 Å². The molecule has 0 spiro atoms. The second-order valence-corrected chi connectivity index (χ2v) is 5.91. The molecule has 0 N–H and O–H groups in total. The van der Waals surface area contributed by atoms with Crippen molar-refractivity contribution in [1.82, 2.24) is 4.90 Å². The minimum absolute atomic E-state index is 0.877. The Morgan fingerprint density at radius 1 is 1.11 bits per heavy atom. The third-order valence-electron chi connectivity index (χ3n) is 3.09. The molecule has 0 saturated heterocycles. The van der Waals surface area contributed by atoms with Gasteiger partial charge in [0.1, 0.15) is 0 Å². The predicted octanol–water partition coefficient (Wildman–Crippen LogP) is 3.04. The van der Waals surface area contributed by atoms with Gasteiger partial charge in [-0.25, -0.2) is 0 Å². The molecule has 0 saturated carbocycles. The topological polar surface area (TPSA) is 33.5 Å². The van der Waals surface area contributed by atoms with Crippen molar-refractivity contribution in [3.05, 3.63) is 54.0 Å². The Balaban J connectivity index is 1.99. The van der Waals surface area contributed by atoms with Gasteiger partial charge in [0.2, 0.25) is 0 Å². The van der Waals surface area contributed by atoms with Crippen LogP contribution >= 0.6 is 0 Å². The van der Waals surface area contributed by atoms with E-state index < -0.39 is 10.8 Å². The van der Waals surface area contributed by atoms with Crippen LogP contribution in [0.5, 0.6) is 0 Å². The van der Waals surface area contributed by atoms with Gasteiger partial charge >= 0.3 is 0 Å². The van der Waals surface area contributed by atoms with Crippen LogP contribution in [-0.2, 0) is 23.9 Å². The number of furan rings is 1. The van der Waals surface area contributed by atoms with Gasteiger partial charge in [0.25, 0.3) is 0 Å². The summed E-state index contributed by atoms with van der Waals surface area (Å²) in [6.45, 7) is 4.90. The Morgan fingerprint density at radius 3 is 2.32 bits per heavy atom. The summed E-state index contributed by atoms with van der Waals surface area (Å²) in [5.41, 5.74) is 2.42. The molecule has 3 nitrogen and oxygen atoms in total. The molecule has 4 heteroatoms. The minimum Gasteiger partial charge on any atom is -0.472 e. The Hall–Kier alpha value is -1.39. The van der Waals surface area contributed by atoms with E-state index in [0.29, 0.717) is 0 Å². The van der Waals surface area contributed by atoms with Crippen molar-refractivity contribution in [2.45, 2.75) is 24.9 Å². The van der Waals surface area contributed by atoms with E-state index in [1.165, 1.54) is 11.1 Å². The van der Waals surface area contributed by atoms with Gasteiger partial charge in [-0.05, 0) is 30.3 Å². The summed E-state index contributed by atoms with van der Waals surface area (Å²) < 4.78 is 16.4. The highest BCUT2D eigenvalue weighted by molar-refractivity contribution is 7.84. The largest absolute Gasteiger partial charge is 0.472 e. The molecule has 1 atom stereocenters. The molecule has 2 rings (SSSR count). The lowest BCUT2D eigenvalue weighted by Gasteiger charge is -2.19. The minimum atomic E-state index is -0.904. The molecule has 0 aliphatic rings. The van der Waals surface area contributed by atoms with Gasteiger partial charge in [0, 0.05) is 40.6 Å². The highest BCUT2D eigenvalue weighted by atomic mass is 32.2. The predicted molar refractivity (Wildman–Crippen MR) is 77.3 cm³/mol. The summed E-state index contributed by atoms with van der Waals surface area (Å²) in [5, 5.41) is 0. The van der Waals surface area contributed by atoms with Crippen molar-refractivity contribution >= 4 is 10.8 Å². The Bertz CT molecular complexity index is 520. The van der Waals surface area contributed by atoms with E-state index in [0.717, 1.165) is 24.5 Å². The molecule has 0 aliphatic heterocycles. The van der Waals surface area contributed by atoms with Crippen LogP contribution < -0.4 is 0 Å². The van der Waals surface area contributed by atoms with Gasteiger partial charge < -0.3 is 4.42 Å². The third kappa shape index (κ3) is 4.04. The molecule has 0 bridgehead atoms. The second-order valence-electron chi connectivity index (χ2n) is 4.53. The zero-order valence-corrected chi connectivity index (χ0v) is 12.2. The maximum absolute atomic E-state index is 11.3. The van der Waals surface area contributed by atoms with Crippen LogP contribution in [-0.4, -0.2) is 21.9 Å². The van der Waals surface area contributed by atoms with E-state index in [9.17, 15) is 4.21 Å². The van der Waals surface area contributed by atoms with Gasteiger partial charge in [-0.3, -0.25) is 9.11 Å². The monoisotopic (exact) mass is 277 g/mol. The van der Waals surface area contributed by atoms with Crippen LogP contribution in [0, 0.1) is 0 Å². The Kier molecular flexibility index (Phi) is 4.93. The lowest BCUT2D eigenvalue weighted by atomic mass is 10.2. The average molecular weight is 277 g/mol. The van der Waals surface area contributed by atoms with E-state index >= 15 is 0 Å². The fourth-order valence-corrected chi connectivity index (χ4v) is 2.48. The number of nitrogens with zero attached hydrogens (tertiary/aromatic N) is 1. The Morgan fingerprint density at radius 2 is 1.79 bits per heavy atom. The zero-order valence-electron chi connectivity index (χ0n) is 11.3. The van der Waals surface area contributed by atoms with Crippen LogP contribution in [0.25, 0.3) is 0 Å². The summed E-state index contributed by atoms with van der Waals surface area (Å²) in [5.74, 6) is 0. The van der Waals surface area contributed by atoms with Crippen molar-refractivity contribution in [3.63, 3.8) is 0 Å². The molecule has 0 amide bonds. The van der Waals surface area contributed by atoms with Crippen molar-refractivity contribution in [2.75, 3.05) is 12.8 Å². The molecule has 0 unspecified atom stereocenters. The first kappa shape index (κ1) is 14.0. The molecular weight excluding hydrogens is 258 g/mol. The standard InChI is InChI=1S/C15H19NO2S/c1-3-16(11-14-8-9-18-12-14)10-13-4-6-15(7-5-13)19(2)17/h4-9,12H,3,10-11H2,1-2H3/t19-/m0/s1. The smallest absolute Gasteiger partial charge is 0.0947 e. The molecule has 0 radical (unpaired) electrons. The highest BCUT2D eigenvalue weighted by Gasteiger charge is 2.06. The van der Waals surface area contributed by atoms with Crippen LogP contribution in [0.1, 0.15) is 18.1 Å². The molecule has 1 aromatic heterocycles. The molecule has 0 aliphatic carbocycles. The molecule has 1 heterocycles. The maximum Gasteiger partial charge on any atom is 0.0947 e. The number of hydrogen-bond acceptors (Lipinski definition) is 3. The summed E-state index contributed by atoms with van der Waals surface area (Å²) >= 11 is 0. The first-order valence-corrected chi connectivity index (χ1v) is 7.90. The summed E-state index contributed by atoms with van der Waals surface area (Å²) in [6, 6.07) is 9.98. The van der Waals surface area contributed by atoms with E-state index in [2.05, 4.69) is 24.0 Å². The van der Waals surface area contributed by atoms with Gasteiger partial charge in [0.05, 0.1) is 12.5 Å². The molecule has 2 aromatic rings. The summed E-state index contributed by atoms with van der Waals surface area (Å²) in [4.78, 5) is 3.21. The fourth-order valence-electron chi connectivity index (χ4n) is 1.97. The van der Waals surface area contributed by atoms with Gasteiger partial charge in [0.15, 0.2) is 0 Å². The van der Waals surface area contributed by atoms with Crippen molar-refractivity contribution in [3.8, 4) is 0 Å².